The van der Waals surface area contributed by atoms with Crippen LogP contribution in [-0.4, -0.2) is 39.7 Å². The van der Waals surface area contributed by atoms with Crippen molar-refractivity contribution in [3.8, 4) is 0 Å². The molecule has 5 nitrogen and oxygen atoms in total. The molecule has 0 aliphatic carbocycles. The van der Waals surface area contributed by atoms with Crippen molar-refractivity contribution in [2.24, 2.45) is 11.8 Å². The number of piperidine rings is 1. The molecule has 0 saturated carbocycles. The van der Waals surface area contributed by atoms with Crippen LogP contribution >= 0.6 is 12.4 Å². The maximum absolute atomic E-state index is 12.1. The second kappa shape index (κ2) is 10.8. The molecule has 1 aromatic rings. The van der Waals surface area contributed by atoms with E-state index in [2.05, 4.69) is 17.6 Å². The van der Waals surface area contributed by atoms with E-state index in [1.165, 1.54) is 12.8 Å². The smallest absolute Gasteiger partial charge is 0.220 e. The Morgan fingerprint density at radius 3 is 2.68 bits per heavy atom. The Bertz CT molecular complexity index is 616. The van der Waals surface area contributed by atoms with Crippen LogP contribution in [0.4, 0.5) is 0 Å². The third-order valence-corrected chi connectivity index (χ3v) is 6.48. The van der Waals surface area contributed by atoms with E-state index < -0.39 is 9.84 Å². The molecule has 142 valence electrons. The van der Waals surface area contributed by atoms with Gasteiger partial charge in [0.05, 0.1) is 10.6 Å². The van der Waals surface area contributed by atoms with Gasteiger partial charge in [-0.25, -0.2) is 8.42 Å². The van der Waals surface area contributed by atoms with Crippen molar-refractivity contribution in [3.63, 3.8) is 0 Å². The predicted octanol–water partition coefficient (Wildman–Crippen LogP) is 2.41. The molecule has 1 aliphatic heterocycles. The van der Waals surface area contributed by atoms with Crippen LogP contribution in [-0.2, 0) is 14.6 Å². The van der Waals surface area contributed by atoms with Crippen LogP contribution in [0.25, 0.3) is 0 Å². The van der Waals surface area contributed by atoms with E-state index in [-0.39, 0.29) is 24.1 Å². The van der Waals surface area contributed by atoms with Gasteiger partial charge in [0, 0.05) is 13.0 Å². The third-order valence-electron chi connectivity index (χ3n) is 4.66. The standard InChI is InChI=1S/C18H28N2O3S.ClH/c1-15(16-7-5-10-19-14-16)13-18(21)20-11-6-12-24(22,23)17-8-3-2-4-9-17;/h2-4,8-9,15-16,19H,5-7,10-14H2,1H3,(H,20,21);1H. The molecule has 1 amide bonds. The summed E-state index contributed by atoms with van der Waals surface area (Å²) in [6.07, 6.45) is 3.30. The van der Waals surface area contributed by atoms with Crippen LogP contribution < -0.4 is 10.6 Å². The van der Waals surface area contributed by atoms with Crippen LogP contribution in [0.3, 0.4) is 0 Å². The molecule has 2 rings (SSSR count). The van der Waals surface area contributed by atoms with Crippen LogP contribution in [0.5, 0.6) is 0 Å². The summed E-state index contributed by atoms with van der Waals surface area (Å²) in [5.41, 5.74) is 0. The minimum atomic E-state index is -3.26. The summed E-state index contributed by atoms with van der Waals surface area (Å²) in [6, 6.07) is 8.44. The number of hydrogen-bond acceptors (Lipinski definition) is 4. The molecular weight excluding hydrogens is 360 g/mol. The van der Waals surface area contributed by atoms with Crippen molar-refractivity contribution in [3.05, 3.63) is 30.3 Å². The summed E-state index contributed by atoms with van der Waals surface area (Å²) in [5, 5.41) is 6.23. The molecule has 1 fully saturated rings. The Morgan fingerprint density at radius 1 is 1.32 bits per heavy atom. The van der Waals surface area contributed by atoms with Gasteiger partial charge in [-0.15, -0.1) is 12.4 Å². The van der Waals surface area contributed by atoms with Crippen LogP contribution in [0.1, 0.15) is 32.6 Å². The van der Waals surface area contributed by atoms with E-state index in [1.54, 1.807) is 30.3 Å². The van der Waals surface area contributed by atoms with Crippen molar-refractivity contribution in [2.75, 3.05) is 25.4 Å². The second-order valence-corrected chi connectivity index (χ2v) is 8.73. The molecule has 0 aromatic heterocycles. The van der Waals surface area contributed by atoms with E-state index >= 15 is 0 Å². The van der Waals surface area contributed by atoms with Gasteiger partial charge in [-0.05, 0) is 56.3 Å². The summed E-state index contributed by atoms with van der Waals surface area (Å²) in [6.45, 7) is 4.59. The fraction of sp³-hybridized carbons (Fsp3) is 0.611. The molecule has 1 saturated heterocycles. The van der Waals surface area contributed by atoms with Gasteiger partial charge < -0.3 is 10.6 Å². The molecule has 1 heterocycles. The summed E-state index contributed by atoms with van der Waals surface area (Å²) in [4.78, 5) is 12.4. The lowest BCUT2D eigenvalue weighted by Crippen LogP contribution is -2.35. The molecule has 1 aliphatic rings. The third kappa shape index (κ3) is 7.34. The number of halogens is 1. The fourth-order valence-electron chi connectivity index (χ4n) is 3.13. The van der Waals surface area contributed by atoms with Crippen molar-refractivity contribution < 1.29 is 13.2 Å². The average Bonchev–Trinajstić information content (AvgIpc) is 2.60. The van der Waals surface area contributed by atoms with Gasteiger partial charge in [-0.1, -0.05) is 25.1 Å². The highest BCUT2D eigenvalue weighted by Gasteiger charge is 2.22. The number of benzene rings is 1. The predicted molar refractivity (Wildman–Crippen MR) is 103 cm³/mol. The molecule has 0 bridgehead atoms. The minimum absolute atomic E-state index is 0. The zero-order valence-electron chi connectivity index (χ0n) is 14.7. The highest BCUT2D eigenvalue weighted by Crippen LogP contribution is 2.22. The molecule has 0 spiro atoms. The van der Waals surface area contributed by atoms with Crippen LogP contribution in [0.2, 0.25) is 0 Å². The summed E-state index contributed by atoms with van der Waals surface area (Å²) in [5.74, 6) is 0.985. The van der Waals surface area contributed by atoms with Gasteiger partial charge in [0.2, 0.25) is 5.91 Å². The first-order valence-electron chi connectivity index (χ1n) is 8.74. The Morgan fingerprint density at radius 2 is 2.04 bits per heavy atom. The normalized spacial score (nSPS) is 18.8. The zero-order chi connectivity index (χ0) is 17.4. The summed E-state index contributed by atoms with van der Waals surface area (Å²) < 4.78 is 24.3. The quantitative estimate of drug-likeness (QED) is 0.670. The number of rotatable bonds is 8. The van der Waals surface area contributed by atoms with Gasteiger partial charge in [-0.2, -0.15) is 0 Å². The SMILES string of the molecule is CC(CC(=O)NCCCS(=O)(=O)c1ccccc1)C1CCCNC1.Cl. The first-order chi connectivity index (χ1) is 11.5. The lowest BCUT2D eigenvalue weighted by Gasteiger charge is -2.28. The molecule has 25 heavy (non-hydrogen) atoms. The maximum atomic E-state index is 12.1. The maximum Gasteiger partial charge on any atom is 0.220 e. The number of sulfone groups is 1. The topological polar surface area (TPSA) is 75.3 Å². The Kier molecular flexibility index (Phi) is 9.46. The van der Waals surface area contributed by atoms with Crippen molar-refractivity contribution in [1.29, 1.82) is 0 Å². The van der Waals surface area contributed by atoms with Gasteiger partial charge in [0.1, 0.15) is 0 Å². The van der Waals surface area contributed by atoms with E-state index in [4.69, 9.17) is 0 Å². The molecule has 1 aromatic carbocycles. The summed E-state index contributed by atoms with van der Waals surface area (Å²) >= 11 is 0. The Labute approximate surface area is 157 Å². The lowest BCUT2D eigenvalue weighted by atomic mass is 9.85. The van der Waals surface area contributed by atoms with Crippen LogP contribution in [0.15, 0.2) is 35.2 Å². The second-order valence-electron chi connectivity index (χ2n) is 6.62. The van der Waals surface area contributed by atoms with Crippen LogP contribution in [0, 0.1) is 11.8 Å². The van der Waals surface area contributed by atoms with Crippen molar-refractivity contribution in [2.45, 2.75) is 37.5 Å². The first-order valence-corrected chi connectivity index (χ1v) is 10.4. The number of carbonyl (C=O) groups excluding carboxylic acids is 1. The first kappa shape index (κ1) is 21.9. The number of nitrogens with one attached hydrogen (secondary N) is 2. The highest BCUT2D eigenvalue weighted by atomic mass is 35.5. The Hall–Kier alpha value is -1.11. The zero-order valence-corrected chi connectivity index (χ0v) is 16.4. The molecule has 2 unspecified atom stereocenters. The van der Waals surface area contributed by atoms with Gasteiger partial charge >= 0.3 is 0 Å². The lowest BCUT2D eigenvalue weighted by molar-refractivity contribution is -0.122. The average molecular weight is 389 g/mol. The molecule has 7 heteroatoms. The minimum Gasteiger partial charge on any atom is -0.356 e. The number of carbonyl (C=O) groups is 1. The number of amides is 1. The molecule has 2 atom stereocenters. The molecule has 2 N–H and O–H groups in total. The number of hydrogen-bond donors (Lipinski definition) is 2. The van der Waals surface area contributed by atoms with E-state index in [9.17, 15) is 13.2 Å². The highest BCUT2D eigenvalue weighted by molar-refractivity contribution is 7.91. The monoisotopic (exact) mass is 388 g/mol. The Balaban J connectivity index is 0.00000312. The van der Waals surface area contributed by atoms with Gasteiger partial charge in [-0.3, -0.25) is 4.79 Å². The van der Waals surface area contributed by atoms with Crippen molar-refractivity contribution >= 4 is 28.2 Å². The summed E-state index contributed by atoms with van der Waals surface area (Å²) in [7, 11) is -3.26. The van der Waals surface area contributed by atoms with E-state index in [0.29, 0.717) is 36.1 Å². The largest absolute Gasteiger partial charge is 0.356 e. The van der Waals surface area contributed by atoms with Gasteiger partial charge in [0.15, 0.2) is 9.84 Å². The molecular formula is C18H29ClN2O3S. The van der Waals surface area contributed by atoms with Crippen molar-refractivity contribution in [1.82, 2.24) is 10.6 Å². The fourth-order valence-corrected chi connectivity index (χ4v) is 4.46. The van der Waals surface area contributed by atoms with E-state index in [1.807, 2.05) is 0 Å². The molecule has 0 radical (unpaired) electrons. The van der Waals surface area contributed by atoms with E-state index in [0.717, 1.165) is 13.1 Å². The van der Waals surface area contributed by atoms with Gasteiger partial charge in [0.25, 0.3) is 0 Å².